The van der Waals surface area contributed by atoms with Crippen molar-refractivity contribution in [1.82, 2.24) is 9.88 Å². The van der Waals surface area contributed by atoms with Gasteiger partial charge in [0.15, 0.2) is 5.13 Å². The molecule has 1 aliphatic rings. The van der Waals surface area contributed by atoms with Crippen molar-refractivity contribution in [1.29, 1.82) is 0 Å². The summed E-state index contributed by atoms with van der Waals surface area (Å²) in [6.07, 6.45) is 0.844. The molecule has 0 aliphatic carbocycles. The maximum atomic E-state index is 12.5. The number of hydrogen-bond acceptors (Lipinski definition) is 5. The van der Waals surface area contributed by atoms with E-state index in [4.69, 9.17) is 4.74 Å². The van der Waals surface area contributed by atoms with Gasteiger partial charge in [0, 0.05) is 11.9 Å². The topological polar surface area (TPSA) is 54.5 Å². The third-order valence-electron chi connectivity index (χ3n) is 3.59. The third kappa shape index (κ3) is 3.48. The van der Waals surface area contributed by atoms with Crippen molar-refractivity contribution in [3.05, 3.63) is 33.5 Å². The summed E-state index contributed by atoms with van der Waals surface area (Å²) >= 11 is 3.11. The number of aryl methyl sites for hydroxylation is 1. The number of carbonyl (C=O) groups excluding carboxylic acids is 1. The monoisotopic (exact) mass is 337 g/mol. The predicted molar refractivity (Wildman–Crippen MR) is 89.7 cm³/mol. The maximum Gasteiger partial charge on any atom is 0.323 e. The standard InChI is InChI=1S/C15H19N3O2S2/c1-3-12-9-22-14(16-12)17-15(19)18-6-10(2)20-13(7-18)11-4-5-21-8-11/h4-5,8-10,13H,3,6-7H2,1-2H3,(H,16,17,19)/t10-,13-/m1/s1. The van der Waals surface area contributed by atoms with E-state index in [1.54, 1.807) is 11.3 Å². The molecule has 118 valence electrons. The Morgan fingerprint density at radius 3 is 3.05 bits per heavy atom. The first-order chi connectivity index (χ1) is 10.7. The van der Waals surface area contributed by atoms with Gasteiger partial charge in [0.05, 0.1) is 18.3 Å². The lowest BCUT2D eigenvalue weighted by Gasteiger charge is -2.36. The highest BCUT2D eigenvalue weighted by molar-refractivity contribution is 7.13. The van der Waals surface area contributed by atoms with Crippen LogP contribution in [0, 0.1) is 0 Å². The van der Waals surface area contributed by atoms with Crippen LogP contribution in [0.15, 0.2) is 22.2 Å². The summed E-state index contributed by atoms with van der Waals surface area (Å²) in [5, 5.41) is 9.64. The molecule has 1 fully saturated rings. The molecule has 0 bridgehead atoms. The minimum Gasteiger partial charge on any atom is -0.367 e. The van der Waals surface area contributed by atoms with Crippen LogP contribution in [0.1, 0.15) is 31.2 Å². The fourth-order valence-corrected chi connectivity index (χ4v) is 3.94. The average Bonchev–Trinajstić information content (AvgIpc) is 3.18. The highest BCUT2D eigenvalue weighted by Crippen LogP contribution is 2.27. The number of ether oxygens (including phenoxy) is 1. The van der Waals surface area contributed by atoms with Gasteiger partial charge >= 0.3 is 6.03 Å². The molecule has 0 saturated carbocycles. The molecule has 3 rings (SSSR count). The first-order valence-corrected chi connectivity index (χ1v) is 9.16. The van der Waals surface area contributed by atoms with Crippen LogP contribution in [-0.4, -0.2) is 35.1 Å². The zero-order valence-corrected chi connectivity index (χ0v) is 14.2. The van der Waals surface area contributed by atoms with E-state index in [1.165, 1.54) is 11.3 Å². The Hall–Kier alpha value is -1.44. The molecule has 0 radical (unpaired) electrons. The summed E-state index contributed by atoms with van der Waals surface area (Å²) in [5.41, 5.74) is 2.14. The summed E-state index contributed by atoms with van der Waals surface area (Å²) < 4.78 is 5.95. The highest BCUT2D eigenvalue weighted by Gasteiger charge is 2.29. The van der Waals surface area contributed by atoms with Gasteiger partial charge < -0.3 is 9.64 Å². The number of carbonyl (C=O) groups is 1. The van der Waals surface area contributed by atoms with E-state index in [9.17, 15) is 4.79 Å². The number of anilines is 1. The molecule has 2 atom stereocenters. The Bertz CT molecular complexity index is 627. The Kier molecular flexibility index (Phi) is 4.75. The van der Waals surface area contributed by atoms with Gasteiger partial charge in [-0.05, 0) is 35.7 Å². The van der Waals surface area contributed by atoms with Crippen molar-refractivity contribution in [2.45, 2.75) is 32.5 Å². The van der Waals surface area contributed by atoms with Crippen molar-refractivity contribution in [3.8, 4) is 0 Å². The average molecular weight is 337 g/mol. The van der Waals surface area contributed by atoms with Gasteiger partial charge in [-0.1, -0.05) is 6.92 Å². The summed E-state index contributed by atoms with van der Waals surface area (Å²) in [6, 6.07) is 1.95. The number of thiazole rings is 1. The minimum absolute atomic E-state index is 0.0203. The largest absolute Gasteiger partial charge is 0.367 e. The molecule has 7 heteroatoms. The number of rotatable bonds is 3. The Labute approximate surface area is 137 Å². The fraction of sp³-hybridized carbons (Fsp3) is 0.467. The lowest BCUT2D eigenvalue weighted by Crippen LogP contribution is -2.47. The van der Waals surface area contributed by atoms with E-state index in [2.05, 4.69) is 28.7 Å². The molecule has 3 heterocycles. The van der Waals surface area contributed by atoms with Crippen molar-refractivity contribution in [3.63, 3.8) is 0 Å². The highest BCUT2D eigenvalue weighted by atomic mass is 32.1. The number of morpholine rings is 1. The molecule has 1 N–H and O–H groups in total. The van der Waals surface area contributed by atoms with E-state index in [0.717, 1.165) is 17.7 Å². The molecule has 1 aliphatic heterocycles. The molecule has 0 spiro atoms. The Balaban J connectivity index is 1.66. The Morgan fingerprint density at radius 2 is 2.36 bits per heavy atom. The molecular formula is C15H19N3O2S2. The lowest BCUT2D eigenvalue weighted by molar-refractivity contribution is -0.0640. The van der Waals surface area contributed by atoms with Crippen molar-refractivity contribution in [2.24, 2.45) is 0 Å². The van der Waals surface area contributed by atoms with E-state index >= 15 is 0 Å². The van der Waals surface area contributed by atoms with Crippen LogP contribution in [-0.2, 0) is 11.2 Å². The molecular weight excluding hydrogens is 318 g/mol. The normalized spacial score (nSPS) is 21.8. The van der Waals surface area contributed by atoms with Crippen molar-refractivity contribution in [2.75, 3.05) is 18.4 Å². The number of urea groups is 1. The van der Waals surface area contributed by atoms with Crippen LogP contribution in [0.4, 0.5) is 9.93 Å². The molecule has 22 heavy (non-hydrogen) atoms. The van der Waals surface area contributed by atoms with Crippen LogP contribution in [0.2, 0.25) is 0 Å². The first kappa shape index (κ1) is 15.5. The van der Waals surface area contributed by atoms with E-state index in [0.29, 0.717) is 18.2 Å². The molecule has 5 nitrogen and oxygen atoms in total. The van der Waals surface area contributed by atoms with Crippen molar-refractivity contribution < 1.29 is 9.53 Å². The molecule has 2 amide bonds. The van der Waals surface area contributed by atoms with Gasteiger partial charge in [0.1, 0.15) is 6.10 Å². The van der Waals surface area contributed by atoms with Gasteiger partial charge in [-0.25, -0.2) is 9.78 Å². The Morgan fingerprint density at radius 1 is 1.50 bits per heavy atom. The second-order valence-electron chi connectivity index (χ2n) is 5.32. The number of amides is 2. The second kappa shape index (κ2) is 6.76. The summed E-state index contributed by atoms with van der Waals surface area (Å²) in [6.45, 7) is 5.21. The number of thiophene rings is 1. The van der Waals surface area contributed by atoms with E-state index in [-0.39, 0.29) is 18.2 Å². The molecule has 2 aromatic heterocycles. The van der Waals surface area contributed by atoms with E-state index in [1.807, 2.05) is 22.6 Å². The van der Waals surface area contributed by atoms with Crippen LogP contribution >= 0.6 is 22.7 Å². The second-order valence-corrected chi connectivity index (χ2v) is 6.96. The molecule has 0 unspecified atom stereocenters. The lowest BCUT2D eigenvalue weighted by atomic mass is 10.1. The zero-order valence-electron chi connectivity index (χ0n) is 12.6. The number of nitrogens with zero attached hydrogens (tertiary/aromatic N) is 2. The summed E-state index contributed by atoms with van der Waals surface area (Å²) in [4.78, 5) is 18.6. The predicted octanol–water partition coefficient (Wildman–Crippen LogP) is 3.76. The quantitative estimate of drug-likeness (QED) is 0.928. The summed E-state index contributed by atoms with van der Waals surface area (Å²) in [7, 11) is 0. The van der Waals surface area contributed by atoms with Crippen LogP contribution in [0.5, 0.6) is 0 Å². The number of hydrogen-bond donors (Lipinski definition) is 1. The maximum absolute atomic E-state index is 12.5. The minimum atomic E-state index is -0.104. The van der Waals surface area contributed by atoms with Crippen molar-refractivity contribution >= 4 is 33.8 Å². The smallest absolute Gasteiger partial charge is 0.323 e. The summed E-state index contributed by atoms with van der Waals surface area (Å²) in [5.74, 6) is 0. The van der Waals surface area contributed by atoms with Gasteiger partial charge in [0.25, 0.3) is 0 Å². The zero-order chi connectivity index (χ0) is 15.5. The number of aromatic nitrogens is 1. The first-order valence-electron chi connectivity index (χ1n) is 7.33. The third-order valence-corrected chi connectivity index (χ3v) is 5.10. The van der Waals surface area contributed by atoms with Crippen LogP contribution < -0.4 is 5.32 Å². The molecule has 1 saturated heterocycles. The van der Waals surface area contributed by atoms with Gasteiger partial charge in [-0.3, -0.25) is 5.32 Å². The van der Waals surface area contributed by atoms with E-state index < -0.39 is 0 Å². The molecule has 2 aromatic rings. The van der Waals surface area contributed by atoms with Gasteiger partial charge in [0.2, 0.25) is 0 Å². The fourth-order valence-electron chi connectivity index (χ4n) is 2.46. The molecule has 0 aromatic carbocycles. The van der Waals surface area contributed by atoms with Crippen LogP contribution in [0.25, 0.3) is 0 Å². The van der Waals surface area contributed by atoms with Crippen LogP contribution in [0.3, 0.4) is 0 Å². The van der Waals surface area contributed by atoms with Gasteiger partial charge in [-0.2, -0.15) is 11.3 Å². The van der Waals surface area contributed by atoms with Gasteiger partial charge in [-0.15, -0.1) is 11.3 Å². The number of nitrogens with one attached hydrogen (secondary N) is 1. The SMILES string of the molecule is CCc1csc(NC(=O)N2C[C@@H](C)O[C@@H](c3ccsc3)C2)n1.